The average Bonchev–Trinajstić information content (AvgIpc) is 3.26. The van der Waals surface area contributed by atoms with Gasteiger partial charge in [0, 0.05) is 31.6 Å². The predicted molar refractivity (Wildman–Crippen MR) is 84.8 cm³/mol. The van der Waals surface area contributed by atoms with Crippen molar-refractivity contribution >= 4 is 15.9 Å². The summed E-state index contributed by atoms with van der Waals surface area (Å²) in [6.45, 7) is 2.69. The molecule has 148 valence electrons. The topological polar surface area (TPSA) is 106 Å². The fraction of sp³-hybridized carbons (Fsp3) is 0.467. The summed E-state index contributed by atoms with van der Waals surface area (Å²) >= 11 is 0. The van der Waals surface area contributed by atoms with Crippen LogP contribution in [0.3, 0.4) is 0 Å². The van der Waals surface area contributed by atoms with Crippen LogP contribution in [0, 0.1) is 0 Å². The maximum atomic E-state index is 12.6. The Morgan fingerprint density at radius 1 is 1.37 bits per heavy atom. The number of nitrogens with zero attached hydrogens (tertiary/aromatic N) is 2. The normalized spacial score (nSPS) is 18.4. The fourth-order valence-electron chi connectivity index (χ4n) is 2.74. The highest BCUT2D eigenvalue weighted by Gasteiger charge is 2.37. The van der Waals surface area contributed by atoms with Crippen molar-refractivity contribution in [1.29, 1.82) is 0 Å². The third-order valence-electron chi connectivity index (χ3n) is 3.92. The fourth-order valence-corrected chi connectivity index (χ4v) is 3.90. The number of rotatable bonds is 6. The van der Waals surface area contributed by atoms with E-state index >= 15 is 0 Å². The molecule has 1 atom stereocenters. The molecule has 3 rings (SSSR count). The van der Waals surface area contributed by atoms with E-state index in [0.717, 1.165) is 12.5 Å². The lowest BCUT2D eigenvalue weighted by Crippen LogP contribution is -2.37. The number of hydrogen-bond donors (Lipinski definition) is 1. The van der Waals surface area contributed by atoms with E-state index in [0.29, 0.717) is 12.6 Å². The number of amides is 1. The Balaban J connectivity index is 1.73. The van der Waals surface area contributed by atoms with Crippen molar-refractivity contribution in [3.63, 3.8) is 0 Å². The second-order valence-corrected chi connectivity index (χ2v) is 7.70. The van der Waals surface area contributed by atoms with Crippen LogP contribution in [-0.4, -0.2) is 43.5 Å². The first-order valence-electron chi connectivity index (χ1n) is 8.04. The van der Waals surface area contributed by atoms with E-state index in [2.05, 4.69) is 14.4 Å². The van der Waals surface area contributed by atoms with E-state index in [4.69, 9.17) is 4.42 Å². The molecule has 0 aromatic carbocycles. The molecule has 0 bridgehead atoms. The van der Waals surface area contributed by atoms with E-state index in [9.17, 15) is 26.4 Å². The van der Waals surface area contributed by atoms with Gasteiger partial charge in [0.2, 0.25) is 16.8 Å². The molecule has 1 aliphatic heterocycles. The van der Waals surface area contributed by atoms with Gasteiger partial charge in [-0.25, -0.2) is 13.1 Å². The molecule has 0 radical (unpaired) electrons. The number of furan rings is 1. The zero-order chi connectivity index (χ0) is 19.8. The molecule has 1 aliphatic rings. The summed E-state index contributed by atoms with van der Waals surface area (Å²) in [5.74, 6) is -1.66. The molecular formula is C15H16F3N3O5S. The van der Waals surface area contributed by atoms with Gasteiger partial charge in [-0.3, -0.25) is 4.79 Å². The summed E-state index contributed by atoms with van der Waals surface area (Å²) in [5.41, 5.74) is -0.283. The van der Waals surface area contributed by atoms with Crippen LogP contribution in [0.4, 0.5) is 13.2 Å². The standard InChI is InChI=1S/C15H16F3N3O5S/c1-2-5-21-8-9(6-13(21)22)20-27(23,24)14-4-3-11(25-14)10-7-12(26-19-10)15(16,17)18/h3-4,7,9,20H,2,5-6,8H2,1H3. The summed E-state index contributed by atoms with van der Waals surface area (Å²) in [4.78, 5) is 13.4. The van der Waals surface area contributed by atoms with Crippen LogP contribution in [-0.2, 0) is 21.0 Å². The minimum absolute atomic E-state index is 0.0328. The minimum atomic E-state index is -4.71. The first kappa shape index (κ1) is 19.4. The van der Waals surface area contributed by atoms with E-state index in [1.807, 2.05) is 6.92 Å². The highest BCUT2D eigenvalue weighted by Crippen LogP contribution is 2.33. The molecule has 3 heterocycles. The first-order chi connectivity index (χ1) is 12.6. The van der Waals surface area contributed by atoms with Crippen LogP contribution in [0.2, 0.25) is 0 Å². The van der Waals surface area contributed by atoms with Crippen molar-refractivity contribution < 1.29 is 35.3 Å². The zero-order valence-electron chi connectivity index (χ0n) is 14.1. The number of sulfonamides is 1. The lowest BCUT2D eigenvalue weighted by molar-refractivity contribution is -0.155. The van der Waals surface area contributed by atoms with Crippen molar-refractivity contribution in [2.45, 2.75) is 37.1 Å². The molecule has 0 aliphatic carbocycles. The maximum Gasteiger partial charge on any atom is 0.452 e. The van der Waals surface area contributed by atoms with Crippen molar-refractivity contribution in [3.8, 4) is 11.5 Å². The molecule has 1 amide bonds. The van der Waals surface area contributed by atoms with Gasteiger partial charge in [-0.2, -0.15) is 13.2 Å². The second kappa shape index (κ2) is 7.00. The molecule has 1 unspecified atom stereocenters. The van der Waals surface area contributed by atoms with Gasteiger partial charge in [0.15, 0.2) is 5.76 Å². The van der Waals surface area contributed by atoms with Gasteiger partial charge in [-0.1, -0.05) is 12.1 Å². The Bertz CT molecular complexity index is 935. The van der Waals surface area contributed by atoms with Gasteiger partial charge in [-0.15, -0.1) is 0 Å². The molecule has 0 spiro atoms. The Hall–Kier alpha value is -2.34. The summed E-state index contributed by atoms with van der Waals surface area (Å²) in [7, 11) is -4.09. The molecular weight excluding hydrogens is 391 g/mol. The number of aromatic nitrogens is 1. The van der Waals surface area contributed by atoms with Crippen LogP contribution >= 0.6 is 0 Å². The maximum absolute atomic E-state index is 12.6. The number of nitrogens with one attached hydrogen (secondary N) is 1. The molecule has 1 fully saturated rings. The van der Waals surface area contributed by atoms with Gasteiger partial charge in [0.1, 0.15) is 5.69 Å². The quantitative estimate of drug-likeness (QED) is 0.787. The highest BCUT2D eigenvalue weighted by atomic mass is 32.2. The molecule has 0 saturated carbocycles. The third kappa shape index (κ3) is 4.16. The molecule has 8 nitrogen and oxygen atoms in total. The van der Waals surface area contributed by atoms with E-state index in [1.54, 1.807) is 4.90 Å². The number of hydrogen-bond acceptors (Lipinski definition) is 6. The number of halogens is 3. The molecule has 12 heteroatoms. The van der Waals surface area contributed by atoms with Crippen LogP contribution in [0.25, 0.3) is 11.5 Å². The number of alkyl halides is 3. The lowest BCUT2D eigenvalue weighted by atomic mass is 10.3. The Kier molecular flexibility index (Phi) is 5.04. The lowest BCUT2D eigenvalue weighted by Gasteiger charge is -2.15. The number of carbonyl (C=O) groups excluding carboxylic acids is 1. The minimum Gasteiger partial charge on any atom is -0.441 e. The van der Waals surface area contributed by atoms with Crippen molar-refractivity contribution in [2.24, 2.45) is 0 Å². The predicted octanol–water partition coefficient (Wildman–Crippen LogP) is 2.24. The van der Waals surface area contributed by atoms with Gasteiger partial charge in [0.05, 0.1) is 0 Å². The van der Waals surface area contributed by atoms with Gasteiger partial charge in [-0.05, 0) is 18.6 Å². The largest absolute Gasteiger partial charge is 0.452 e. The molecule has 1 saturated heterocycles. The summed E-state index contributed by atoms with van der Waals surface area (Å²) in [5, 5.41) is 2.75. The van der Waals surface area contributed by atoms with Crippen LogP contribution in [0.5, 0.6) is 0 Å². The summed E-state index contributed by atoms with van der Waals surface area (Å²) < 4.78 is 74.2. The van der Waals surface area contributed by atoms with Crippen molar-refractivity contribution in [1.82, 2.24) is 14.8 Å². The third-order valence-corrected chi connectivity index (χ3v) is 5.31. The Labute approximate surface area is 152 Å². The Morgan fingerprint density at radius 2 is 2.11 bits per heavy atom. The molecule has 2 aromatic rings. The van der Waals surface area contributed by atoms with Crippen LogP contribution < -0.4 is 4.72 Å². The number of likely N-dealkylation sites (tertiary alicyclic amines) is 1. The summed E-state index contributed by atoms with van der Waals surface area (Å²) in [6.07, 6.45) is -3.93. The second-order valence-electron chi connectivity index (χ2n) is 6.05. The summed E-state index contributed by atoms with van der Waals surface area (Å²) in [6, 6.07) is 2.28. The number of carbonyl (C=O) groups is 1. The molecule has 1 N–H and O–H groups in total. The molecule has 27 heavy (non-hydrogen) atoms. The Morgan fingerprint density at radius 3 is 2.74 bits per heavy atom. The van der Waals surface area contributed by atoms with E-state index < -0.39 is 33.1 Å². The van der Waals surface area contributed by atoms with Crippen LogP contribution in [0.15, 0.2) is 32.2 Å². The van der Waals surface area contributed by atoms with Gasteiger partial charge >= 0.3 is 6.18 Å². The van der Waals surface area contributed by atoms with Crippen molar-refractivity contribution in [2.75, 3.05) is 13.1 Å². The highest BCUT2D eigenvalue weighted by molar-refractivity contribution is 7.89. The van der Waals surface area contributed by atoms with Crippen molar-refractivity contribution in [3.05, 3.63) is 24.0 Å². The van der Waals surface area contributed by atoms with Crippen LogP contribution in [0.1, 0.15) is 25.5 Å². The average molecular weight is 407 g/mol. The van der Waals surface area contributed by atoms with E-state index in [-0.39, 0.29) is 30.3 Å². The van der Waals surface area contributed by atoms with Gasteiger partial charge in [0.25, 0.3) is 10.0 Å². The van der Waals surface area contributed by atoms with E-state index in [1.165, 1.54) is 6.07 Å². The van der Waals surface area contributed by atoms with Gasteiger partial charge < -0.3 is 13.8 Å². The molecule has 2 aromatic heterocycles. The smallest absolute Gasteiger partial charge is 0.441 e. The zero-order valence-corrected chi connectivity index (χ0v) is 14.9. The SMILES string of the molecule is CCCN1CC(NS(=O)(=O)c2ccc(-c3cc(C(F)(F)F)on3)o2)CC1=O. The first-order valence-corrected chi connectivity index (χ1v) is 9.52. The monoisotopic (exact) mass is 407 g/mol.